The molecule has 31 heavy (non-hydrogen) atoms. The molecular formula is C24H17N3O4. The third-order valence-electron chi connectivity index (χ3n) is 5.35. The van der Waals surface area contributed by atoms with Crippen LogP contribution in [-0.2, 0) is 0 Å². The van der Waals surface area contributed by atoms with Crippen molar-refractivity contribution >= 4 is 28.3 Å². The fraction of sp³-hybridized carbons (Fsp3) is 0.0833. The van der Waals surface area contributed by atoms with Crippen molar-refractivity contribution in [2.75, 3.05) is 0 Å². The summed E-state index contributed by atoms with van der Waals surface area (Å²) in [4.78, 5) is 23.9. The Hall–Kier alpha value is -4.26. The van der Waals surface area contributed by atoms with Gasteiger partial charge in [0.2, 0.25) is 0 Å². The standard InChI is InChI=1S/C24H17N3O4/c28-24(23-14-18-8-4-5-9-22(18)31-23)26-21(17-10-12-19(13-11-17)27(29)30)15-20(25-26)16-6-2-1-3-7-16/h1-14,21H,15H2. The number of non-ortho nitro benzene ring substituents is 1. The van der Waals surface area contributed by atoms with Crippen molar-refractivity contribution in [3.8, 4) is 0 Å². The summed E-state index contributed by atoms with van der Waals surface area (Å²) in [5.74, 6) is -0.156. The first kappa shape index (κ1) is 18.7. The topological polar surface area (TPSA) is 89.0 Å². The number of amides is 1. The van der Waals surface area contributed by atoms with Crippen LogP contribution in [0.15, 0.2) is 94.4 Å². The number of fused-ring (bicyclic) bond motifs is 1. The molecule has 0 N–H and O–H groups in total. The second kappa shape index (κ2) is 7.53. The zero-order valence-electron chi connectivity index (χ0n) is 16.3. The number of nitro benzene ring substituents is 1. The van der Waals surface area contributed by atoms with E-state index < -0.39 is 11.0 Å². The van der Waals surface area contributed by atoms with Gasteiger partial charge in [0.1, 0.15) is 5.58 Å². The van der Waals surface area contributed by atoms with Crippen LogP contribution in [-0.4, -0.2) is 21.6 Å². The molecule has 1 aliphatic heterocycles. The summed E-state index contributed by atoms with van der Waals surface area (Å²) in [6.07, 6.45) is 0.494. The molecule has 0 spiro atoms. The van der Waals surface area contributed by atoms with Gasteiger partial charge in [-0.3, -0.25) is 14.9 Å². The summed E-state index contributed by atoms with van der Waals surface area (Å²) < 4.78 is 5.77. The predicted molar refractivity (Wildman–Crippen MR) is 116 cm³/mol. The molecule has 2 heterocycles. The van der Waals surface area contributed by atoms with Crippen molar-refractivity contribution in [2.45, 2.75) is 12.5 Å². The van der Waals surface area contributed by atoms with Gasteiger partial charge < -0.3 is 4.42 Å². The molecular weight excluding hydrogens is 394 g/mol. The zero-order valence-corrected chi connectivity index (χ0v) is 16.3. The largest absolute Gasteiger partial charge is 0.451 e. The van der Waals surface area contributed by atoms with Crippen molar-refractivity contribution < 1.29 is 14.1 Å². The first-order valence-corrected chi connectivity index (χ1v) is 9.79. The van der Waals surface area contributed by atoms with E-state index in [0.717, 1.165) is 22.2 Å². The number of para-hydroxylation sites is 1. The number of hydrazone groups is 1. The van der Waals surface area contributed by atoms with Gasteiger partial charge in [-0.25, -0.2) is 5.01 Å². The summed E-state index contributed by atoms with van der Waals surface area (Å²) in [5.41, 5.74) is 3.10. The molecule has 5 rings (SSSR count). The molecule has 1 amide bonds. The Morgan fingerprint density at radius 2 is 1.71 bits per heavy atom. The SMILES string of the molecule is O=C(c1cc2ccccc2o1)N1N=C(c2ccccc2)CC1c1ccc([N+](=O)[O-])cc1. The highest BCUT2D eigenvalue weighted by Crippen LogP contribution is 2.35. The van der Waals surface area contributed by atoms with Crippen LogP contribution < -0.4 is 0 Å². The van der Waals surface area contributed by atoms with E-state index in [1.54, 1.807) is 18.2 Å². The molecule has 4 aromatic rings. The van der Waals surface area contributed by atoms with E-state index >= 15 is 0 Å². The minimum Gasteiger partial charge on any atom is -0.451 e. The van der Waals surface area contributed by atoms with Gasteiger partial charge in [0.25, 0.3) is 5.69 Å². The highest BCUT2D eigenvalue weighted by molar-refractivity contribution is 6.05. The number of rotatable bonds is 4. The molecule has 0 bridgehead atoms. The number of nitrogens with zero attached hydrogens (tertiary/aromatic N) is 3. The van der Waals surface area contributed by atoms with Crippen molar-refractivity contribution in [2.24, 2.45) is 5.10 Å². The lowest BCUT2D eigenvalue weighted by molar-refractivity contribution is -0.384. The van der Waals surface area contributed by atoms with Gasteiger partial charge in [-0.2, -0.15) is 5.10 Å². The molecule has 1 atom stereocenters. The molecule has 0 saturated carbocycles. The molecule has 7 nitrogen and oxygen atoms in total. The first-order valence-electron chi connectivity index (χ1n) is 9.79. The first-order chi connectivity index (χ1) is 15.1. The van der Waals surface area contributed by atoms with Crippen LogP contribution >= 0.6 is 0 Å². The number of carbonyl (C=O) groups is 1. The molecule has 0 fully saturated rings. The van der Waals surface area contributed by atoms with Gasteiger partial charge in [0, 0.05) is 23.9 Å². The van der Waals surface area contributed by atoms with E-state index in [9.17, 15) is 14.9 Å². The predicted octanol–water partition coefficient (Wildman–Crippen LogP) is 5.33. The van der Waals surface area contributed by atoms with Gasteiger partial charge in [0.05, 0.1) is 16.7 Å². The third kappa shape index (κ3) is 3.46. The number of nitro groups is 1. The number of furan rings is 1. The maximum Gasteiger partial charge on any atom is 0.310 e. The Kier molecular flexibility index (Phi) is 4.55. The fourth-order valence-corrected chi connectivity index (χ4v) is 3.78. The van der Waals surface area contributed by atoms with E-state index in [-0.39, 0.29) is 17.4 Å². The minimum absolute atomic E-state index is 0.00103. The summed E-state index contributed by atoms with van der Waals surface area (Å²) >= 11 is 0. The van der Waals surface area contributed by atoms with Crippen molar-refractivity contribution in [3.63, 3.8) is 0 Å². The van der Waals surface area contributed by atoms with Crippen LogP contribution in [0, 0.1) is 10.1 Å². The lowest BCUT2D eigenvalue weighted by Crippen LogP contribution is -2.26. The summed E-state index contributed by atoms with van der Waals surface area (Å²) in [6.45, 7) is 0. The highest BCUT2D eigenvalue weighted by Gasteiger charge is 2.35. The molecule has 3 aromatic carbocycles. The Bertz CT molecular complexity index is 1280. The third-order valence-corrected chi connectivity index (χ3v) is 5.35. The maximum atomic E-state index is 13.4. The molecule has 0 saturated heterocycles. The van der Waals surface area contributed by atoms with Crippen LogP contribution in [0.5, 0.6) is 0 Å². The normalized spacial score (nSPS) is 15.8. The maximum absolute atomic E-state index is 13.4. The van der Waals surface area contributed by atoms with Crippen molar-refractivity contribution in [1.82, 2.24) is 5.01 Å². The van der Waals surface area contributed by atoms with Gasteiger partial charge in [-0.05, 0) is 23.3 Å². The number of hydrogen-bond acceptors (Lipinski definition) is 5. The number of hydrogen-bond donors (Lipinski definition) is 0. The smallest absolute Gasteiger partial charge is 0.310 e. The highest BCUT2D eigenvalue weighted by atomic mass is 16.6. The van der Waals surface area contributed by atoms with E-state index in [1.165, 1.54) is 17.1 Å². The zero-order chi connectivity index (χ0) is 21.4. The monoisotopic (exact) mass is 411 g/mol. The Labute approximate surface area is 177 Å². The quantitative estimate of drug-likeness (QED) is 0.335. The van der Waals surface area contributed by atoms with Gasteiger partial charge >= 0.3 is 5.91 Å². The van der Waals surface area contributed by atoms with Gasteiger partial charge in [0.15, 0.2) is 5.76 Å². The van der Waals surface area contributed by atoms with Gasteiger partial charge in [-0.15, -0.1) is 0 Å². The second-order valence-electron chi connectivity index (χ2n) is 7.28. The Balaban J connectivity index is 1.54. The number of benzene rings is 3. The molecule has 1 unspecified atom stereocenters. The Morgan fingerprint density at radius 1 is 1.00 bits per heavy atom. The lowest BCUT2D eigenvalue weighted by Gasteiger charge is -2.21. The van der Waals surface area contributed by atoms with E-state index in [0.29, 0.717) is 12.0 Å². The average molecular weight is 411 g/mol. The summed E-state index contributed by atoms with van der Waals surface area (Å²) in [7, 11) is 0. The molecule has 7 heteroatoms. The van der Waals surface area contributed by atoms with Crippen LogP contribution in [0.2, 0.25) is 0 Å². The minimum atomic E-state index is -0.443. The van der Waals surface area contributed by atoms with Crippen LogP contribution in [0.3, 0.4) is 0 Å². The van der Waals surface area contributed by atoms with Crippen LogP contribution in [0.1, 0.15) is 34.1 Å². The molecule has 1 aliphatic rings. The summed E-state index contributed by atoms with van der Waals surface area (Å²) in [5, 5.41) is 17.9. The van der Waals surface area contributed by atoms with E-state index in [4.69, 9.17) is 4.42 Å². The van der Waals surface area contributed by atoms with Crippen LogP contribution in [0.4, 0.5) is 5.69 Å². The van der Waals surface area contributed by atoms with Crippen molar-refractivity contribution in [3.05, 3.63) is 112 Å². The van der Waals surface area contributed by atoms with Crippen molar-refractivity contribution in [1.29, 1.82) is 0 Å². The average Bonchev–Trinajstić information content (AvgIpc) is 3.44. The van der Waals surface area contributed by atoms with Gasteiger partial charge in [-0.1, -0.05) is 60.7 Å². The molecule has 0 aliphatic carbocycles. The molecule has 1 aromatic heterocycles. The van der Waals surface area contributed by atoms with E-state index in [2.05, 4.69) is 5.10 Å². The lowest BCUT2D eigenvalue weighted by atomic mass is 9.98. The van der Waals surface area contributed by atoms with Crippen LogP contribution in [0.25, 0.3) is 11.0 Å². The molecule has 152 valence electrons. The Morgan fingerprint density at radius 3 is 2.42 bits per heavy atom. The second-order valence-corrected chi connectivity index (χ2v) is 7.28. The fourth-order valence-electron chi connectivity index (χ4n) is 3.78. The van der Waals surface area contributed by atoms with E-state index in [1.807, 2.05) is 54.6 Å². The number of carbonyl (C=O) groups excluding carboxylic acids is 1. The summed E-state index contributed by atoms with van der Waals surface area (Å²) in [6, 6.07) is 24.6. The molecule has 0 radical (unpaired) electrons.